The number of hydrogen-bond acceptors (Lipinski definition) is 3. The van der Waals surface area contributed by atoms with Crippen molar-refractivity contribution in [3.63, 3.8) is 0 Å². The first-order valence-electron chi connectivity index (χ1n) is 8.35. The van der Waals surface area contributed by atoms with Crippen LogP contribution in [-0.2, 0) is 6.42 Å². The van der Waals surface area contributed by atoms with Crippen LogP contribution in [0.25, 0.3) is 22.5 Å². The summed E-state index contributed by atoms with van der Waals surface area (Å²) < 4.78 is 15.3. The third kappa shape index (κ3) is 2.70. The van der Waals surface area contributed by atoms with E-state index >= 15 is 0 Å². The van der Waals surface area contributed by atoms with Gasteiger partial charge in [-0.25, -0.2) is 4.39 Å². The summed E-state index contributed by atoms with van der Waals surface area (Å²) in [5.74, 6) is -0.259. The molecule has 1 aliphatic rings. The number of rotatable bonds is 3. The molecule has 1 aromatic carbocycles. The third-order valence-electron chi connectivity index (χ3n) is 4.66. The van der Waals surface area contributed by atoms with Crippen molar-refractivity contribution in [3.8, 4) is 28.6 Å². The van der Waals surface area contributed by atoms with Gasteiger partial charge in [-0.1, -0.05) is 18.2 Å². The van der Waals surface area contributed by atoms with Gasteiger partial charge in [-0.15, -0.1) is 0 Å². The van der Waals surface area contributed by atoms with Crippen LogP contribution in [-0.4, -0.2) is 14.8 Å². The number of nitrogens with zero attached hydrogens (tertiary/aromatic N) is 4. The van der Waals surface area contributed by atoms with E-state index in [9.17, 15) is 4.39 Å². The fourth-order valence-electron chi connectivity index (χ4n) is 3.50. The lowest BCUT2D eigenvalue weighted by atomic mass is 9.99. The van der Waals surface area contributed by atoms with Gasteiger partial charge in [0.2, 0.25) is 0 Å². The summed E-state index contributed by atoms with van der Waals surface area (Å²) >= 11 is 0. The Balaban J connectivity index is 1.93. The zero-order chi connectivity index (χ0) is 17.4. The van der Waals surface area contributed by atoms with Gasteiger partial charge in [-0.05, 0) is 49.6 Å². The fraction of sp³-hybridized carbons (Fsp3) is 0.250. The number of halogens is 1. The second-order valence-corrected chi connectivity index (χ2v) is 6.34. The van der Waals surface area contributed by atoms with Crippen molar-refractivity contribution in [1.82, 2.24) is 14.8 Å². The van der Waals surface area contributed by atoms with Crippen molar-refractivity contribution in [2.45, 2.75) is 32.2 Å². The molecule has 0 radical (unpaired) electrons. The highest BCUT2D eigenvalue weighted by Crippen LogP contribution is 2.40. The second-order valence-electron chi connectivity index (χ2n) is 6.34. The minimum Gasteiger partial charge on any atom is -0.264 e. The van der Waals surface area contributed by atoms with Gasteiger partial charge in [0.25, 0.3) is 0 Å². The first-order valence-corrected chi connectivity index (χ1v) is 8.35. The Morgan fingerprint density at radius 2 is 2.04 bits per heavy atom. The van der Waals surface area contributed by atoms with E-state index in [1.54, 1.807) is 12.1 Å². The molecule has 0 aliphatic carbocycles. The minimum absolute atomic E-state index is 0.0951. The van der Waals surface area contributed by atoms with Crippen molar-refractivity contribution in [1.29, 1.82) is 5.26 Å². The van der Waals surface area contributed by atoms with Crippen LogP contribution in [0, 0.1) is 24.1 Å². The number of aryl methyl sites for hydroxylation is 1. The number of fused-ring (bicyclic) bond motifs is 1. The van der Waals surface area contributed by atoms with Crippen molar-refractivity contribution >= 4 is 0 Å². The molecule has 1 aliphatic heterocycles. The van der Waals surface area contributed by atoms with Crippen LogP contribution in [0.4, 0.5) is 4.39 Å². The Labute approximate surface area is 145 Å². The van der Waals surface area contributed by atoms with E-state index in [0.29, 0.717) is 6.42 Å². The Morgan fingerprint density at radius 1 is 1.24 bits per heavy atom. The number of aromatic nitrogens is 3. The summed E-state index contributed by atoms with van der Waals surface area (Å²) in [5, 5.41) is 13.9. The zero-order valence-electron chi connectivity index (χ0n) is 13.9. The Bertz CT molecular complexity index is 966. The van der Waals surface area contributed by atoms with E-state index in [1.165, 1.54) is 12.1 Å². The highest BCUT2D eigenvalue weighted by atomic mass is 19.1. The van der Waals surface area contributed by atoms with E-state index in [1.807, 2.05) is 29.8 Å². The number of pyridine rings is 1. The summed E-state index contributed by atoms with van der Waals surface area (Å²) in [6, 6.07) is 14.7. The van der Waals surface area contributed by atoms with Crippen LogP contribution in [0.15, 0.2) is 42.5 Å². The van der Waals surface area contributed by atoms with Gasteiger partial charge < -0.3 is 0 Å². The monoisotopic (exact) mass is 332 g/mol. The first-order chi connectivity index (χ1) is 12.2. The number of nitriles is 1. The van der Waals surface area contributed by atoms with Crippen LogP contribution in [0.2, 0.25) is 0 Å². The second kappa shape index (κ2) is 6.14. The van der Waals surface area contributed by atoms with Gasteiger partial charge in [0.15, 0.2) is 0 Å². The lowest BCUT2D eigenvalue weighted by molar-refractivity contribution is 0.490. The van der Waals surface area contributed by atoms with E-state index < -0.39 is 0 Å². The number of hydrogen-bond donors (Lipinski definition) is 0. The minimum atomic E-state index is -0.259. The van der Waals surface area contributed by atoms with Gasteiger partial charge >= 0.3 is 0 Å². The van der Waals surface area contributed by atoms with Gasteiger partial charge in [0.05, 0.1) is 24.2 Å². The highest BCUT2D eigenvalue weighted by Gasteiger charge is 2.30. The predicted octanol–water partition coefficient (Wildman–Crippen LogP) is 4.46. The van der Waals surface area contributed by atoms with Gasteiger partial charge in [-0.2, -0.15) is 10.4 Å². The molecule has 0 unspecified atom stereocenters. The lowest BCUT2D eigenvalue weighted by Crippen LogP contribution is -2.05. The molecule has 3 heterocycles. The summed E-state index contributed by atoms with van der Waals surface area (Å²) in [7, 11) is 0. The van der Waals surface area contributed by atoms with Gasteiger partial charge in [-0.3, -0.25) is 9.67 Å². The van der Waals surface area contributed by atoms with Crippen molar-refractivity contribution in [2.75, 3.05) is 0 Å². The molecule has 0 fully saturated rings. The van der Waals surface area contributed by atoms with Gasteiger partial charge in [0.1, 0.15) is 11.5 Å². The maximum atomic E-state index is 13.4. The molecule has 0 saturated carbocycles. The highest BCUT2D eigenvalue weighted by molar-refractivity contribution is 5.81. The topological polar surface area (TPSA) is 54.5 Å². The summed E-state index contributed by atoms with van der Waals surface area (Å²) in [6.45, 7) is 1.95. The molecule has 25 heavy (non-hydrogen) atoms. The van der Waals surface area contributed by atoms with E-state index in [2.05, 4.69) is 11.1 Å². The molecular formula is C20H17FN4. The number of benzene rings is 1. The predicted molar refractivity (Wildman–Crippen MR) is 93.2 cm³/mol. The van der Waals surface area contributed by atoms with Crippen molar-refractivity contribution in [2.24, 2.45) is 0 Å². The third-order valence-corrected chi connectivity index (χ3v) is 4.66. The van der Waals surface area contributed by atoms with E-state index in [0.717, 1.165) is 46.7 Å². The smallest absolute Gasteiger partial charge is 0.123 e. The molecule has 5 heteroatoms. The van der Waals surface area contributed by atoms with Crippen LogP contribution >= 0.6 is 0 Å². The molecule has 0 amide bonds. The normalized spacial score (nSPS) is 15.8. The van der Waals surface area contributed by atoms with Crippen LogP contribution < -0.4 is 0 Å². The largest absolute Gasteiger partial charge is 0.264 e. The fourth-order valence-corrected chi connectivity index (χ4v) is 3.50. The van der Waals surface area contributed by atoms with Gasteiger partial charge in [0, 0.05) is 17.0 Å². The Kier molecular flexibility index (Phi) is 3.81. The quantitative estimate of drug-likeness (QED) is 0.711. The molecule has 4 nitrogen and oxygen atoms in total. The molecule has 3 aromatic rings. The van der Waals surface area contributed by atoms with E-state index in [-0.39, 0.29) is 11.9 Å². The van der Waals surface area contributed by atoms with E-state index in [4.69, 9.17) is 10.4 Å². The summed E-state index contributed by atoms with van der Waals surface area (Å²) in [4.78, 5) is 4.62. The standard InChI is InChI=1S/C20H17FN4/c1-13-3-2-4-17(23-13)20-19(14-5-7-15(21)8-6-14)18-10-9-16(11-12-22)25(18)24-20/h2-8,16H,9-11H2,1H3/t16-/m0/s1. The van der Waals surface area contributed by atoms with Crippen molar-refractivity contribution in [3.05, 3.63) is 59.7 Å². The molecule has 4 rings (SSSR count). The molecule has 124 valence electrons. The van der Waals surface area contributed by atoms with Crippen LogP contribution in [0.3, 0.4) is 0 Å². The van der Waals surface area contributed by atoms with Crippen LogP contribution in [0.5, 0.6) is 0 Å². The van der Waals surface area contributed by atoms with Crippen LogP contribution in [0.1, 0.15) is 30.3 Å². The average Bonchev–Trinajstić information content (AvgIpc) is 3.16. The van der Waals surface area contributed by atoms with Crippen molar-refractivity contribution < 1.29 is 4.39 Å². The average molecular weight is 332 g/mol. The molecular weight excluding hydrogens is 315 g/mol. The summed E-state index contributed by atoms with van der Waals surface area (Å²) in [6.07, 6.45) is 2.21. The maximum absolute atomic E-state index is 13.4. The summed E-state index contributed by atoms with van der Waals surface area (Å²) in [5.41, 5.74) is 5.55. The molecule has 0 bridgehead atoms. The first kappa shape index (κ1) is 15.5. The molecule has 2 aromatic heterocycles. The molecule has 0 N–H and O–H groups in total. The molecule has 0 spiro atoms. The zero-order valence-corrected chi connectivity index (χ0v) is 13.9. The Morgan fingerprint density at radius 3 is 2.76 bits per heavy atom. The molecule has 0 saturated heterocycles. The maximum Gasteiger partial charge on any atom is 0.123 e. The SMILES string of the molecule is Cc1cccc(-c2nn3c(c2-c2ccc(F)cc2)CC[C@H]3CC#N)n1. The lowest BCUT2D eigenvalue weighted by Gasteiger charge is -2.06. The molecule has 1 atom stereocenters. The Hall–Kier alpha value is -3.00.